The first-order chi connectivity index (χ1) is 12.7. The third-order valence-corrected chi connectivity index (χ3v) is 5.03. The standard InChI is InChI=1S/C19H19N3O4S.Na/c1-13-18(12-14-4-6-15(7-5-14)21(2)3)19(23)22(20-13)16-8-10-17(11-9-16)27(24,25)26;/h4-12H,1-3H3,(H,24,25,26);. The largest absolute Gasteiger partial charge is 0.378 e. The third-order valence-electron chi connectivity index (χ3n) is 4.16. The van der Waals surface area contributed by atoms with Crippen molar-refractivity contribution in [2.75, 3.05) is 24.0 Å². The molecule has 2 aromatic carbocycles. The van der Waals surface area contributed by atoms with Crippen LogP contribution in [0.15, 0.2) is 64.1 Å². The van der Waals surface area contributed by atoms with Crippen molar-refractivity contribution in [3.8, 4) is 0 Å². The number of benzene rings is 2. The minimum absolute atomic E-state index is 0. The van der Waals surface area contributed by atoms with Crippen molar-refractivity contribution in [1.29, 1.82) is 0 Å². The van der Waals surface area contributed by atoms with E-state index in [1.165, 1.54) is 29.3 Å². The molecule has 0 atom stereocenters. The number of rotatable bonds is 4. The summed E-state index contributed by atoms with van der Waals surface area (Å²) < 4.78 is 31.3. The molecule has 0 saturated carbocycles. The summed E-state index contributed by atoms with van der Waals surface area (Å²) in [4.78, 5) is 14.5. The van der Waals surface area contributed by atoms with E-state index >= 15 is 0 Å². The molecule has 9 heteroatoms. The Kier molecular flexibility index (Phi) is 6.84. The summed E-state index contributed by atoms with van der Waals surface area (Å²) >= 11 is 0. The normalized spacial score (nSPS) is 15.4. The van der Waals surface area contributed by atoms with Gasteiger partial charge in [-0.15, -0.1) is 0 Å². The first-order valence-corrected chi connectivity index (χ1v) is 9.57. The van der Waals surface area contributed by atoms with Crippen LogP contribution in [0.1, 0.15) is 12.5 Å². The predicted octanol–water partition coefficient (Wildman–Crippen LogP) is 2.42. The van der Waals surface area contributed by atoms with Crippen LogP contribution in [0.3, 0.4) is 0 Å². The van der Waals surface area contributed by atoms with Gasteiger partial charge in [0.25, 0.3) is 16.0 Å². The minimum atomic E-state index is -4.28. The van der Waals surface area contributed by atoms with E-state index in [1.54, 1.807) is 13.0 Å². The SMILES string of the molecule is CC1=NN(c2ccc(S(=O)(=O)O)cc2)C(=O)C1=Cc1ccc(N(C)C)cc1.[Na]. The molecule has 1 aliphatic rings. The maximum Gasteiger partial charge on any atom is 0.294 e. The van der Waals surface area contributed by atoms with Gasteiger partial charge in [-0.05, 0) is 55.0 Å². The maximum absolute atomic E-state index is 12.7. The molecule has 1 aliphatic heterocycles. The van der Waals surface area contributed by atoms with Gasteiger partial charge in [0, 0.05) is 49.3 Å². The van der Waals surface area contributed by atoms with Gasteiger partial charge in [-0.25, -0.2) is 0 Å². The Balaban J connectivity index is 0.00000280. The van der Waals surface area contributed by atoms with Crippen LogP contribution >= 0.6 is 0 Å². The molecule has 0 fully saturated rings. The van der Waals surface area contributed by atoms with Gasteiger partial charge in [0.05, 0.1) is 21.9 Å². The quantitative estimate of drug-likeness (QED) is 0.477. The van der Waals surface area contributed by atoms with Crippen molar-refractivity contribution in [3.05, 3.63) is 59.7 Å². The van der Waals surface area contributed by atoms with Crippen molar-refractivity contribution in [2.24, 2.45) is 5.10 Å². The molecule has 0 aromatic heterocycles. The molecule has 2 aromatic rings. The van der Waals surface area contributed by atoms with Gasteiger partial charge in [0.15, 0.2) is 0 Å². The van der Waals surface area contributed by atoms with E-state index in [0.29, 0.717) is 17.0 Å². The minimum Gasteiger partial charge on any atom is -0.378 e. The Morgan fingerprint density at radius 2 is 1.61 bits per heavy atom. The molecule has 0 spiro atoms. The fourth-order valence-corrected chi connectivity index (χ4v) is 3.13. The van der Waals surface area contributed by atoms with Crippen molar-refractivity contribution >= 4 is 68.7 Å². The number of carbonyl (C=O) groups excluding carboxylic acids is 1. The van der Waals surface area contributed by atoms with Crippen LogP contribution in [0.2, 0.25) is 0 Å². The topological polar surface area (TPSA) is 90.3 Å². The number of carbonyl (C=O) groups is 1. The fourth-order valence-electron chi connectivity index (χ4n) is 2.65. The van der Waals surface area contributed by atoms with E-state index in [-0.39, 0.29) is 40.4 Å². The molecule has 1 heterocycles. The Morgan fingerprint density at radius 3 is 2.11 bits per heavy atom. The van der Waals surface area contributed by atoms with Crippen molar-refractivity contribution in [1.82, 2.24) is 0 Å². The number of hydrogen-bond donors (Lipinski definition) is 1. The number of nitrogens with zero attached hydrogens (tertiary/aromatic N) is 3. The summed E-state index contributed by atoms with van der Waals surface area (Å²) in [5.74, 6) is -0.302. The van der Waals surface area contributed by atoms with Gasteiger partial charge in [0.2, 0.25) is 0 Å². The van der Waals surface area contributed by atoms with Crippen molar-refractivity contribution in [3.63, 3.8) is 0 Å². The van der Waals surface area contributed by atoms with Crippen LogP contribution in [0.4, 0.5) is 11.4 Å². The van der Waals surface area contributed by atoms with Crippen LogP contribution in [0.5, 0.6) is 0 Å². The summed E-state index contributed by atoms with van der Waals surface area (Å²) in [6, 6.07) is 13.1. The van der Waals surface area contributed by atoms with E-state index in [2.05, 4.69) is 5.10 Å². The summed E-state index contributed by atoms with van der Waals surface area (Å²) in [5, 5.41) is 5.48. The Morgan fingerprint density at radius 1 is 1.04 bits per heavy atom. The molecule has 0 aliphatic carbocycles. The third kappa shape index (κ3) is 4.71. The Labute approximate surface area is 186 Å². The predicted molar refractivity (Wildman–Crippen MR) is 111 cm³/mol. The molecule has 0 bridgehead atoms. The zero-order chi connectivity index (χ0) is 19.8. The van der Waals surface area contributed by atoms with Crippen LogP contribution in [-0.4, -0.2) is 68.2 Å². The van der Waals surface area contributed by atoms with Gasteiger partial charge < -0.3 is 4.90 Å². The van der Waals surface area contributed by atoms with E-state index in [9.17, 15) is 13.2 Å². The van der Waals surface area contributed by atoms with Crippen LogP contribution in [0, 0.1) is 0 Å². The molecule has 0 unspecified atom stereocenters. The molecular weight excluding hydrogens is 389 g/mol. The first-order valence-electron chi connectivity index (χ1n) is 8.13. The molecule has 3 rings (SSSR count). The molecule has 1 radical (unpaired) electrons. The Hall–Kier alpha value is -1.97. The van der Waals surface area contributed by atoms with Gasteiger partial charge in [-0.1, -0.05) is 12.1 Å². The van der Waals surface area contributed by atoms with Gasteiger partial charge in [-0.2, -0.15) is 18.5 Å². The summed E-state index contributed by atoms with van der Waals surface area (Å²) in [5.41, 5.74) is 3.38. The van der Waals surface area contributed by atoms with Gasteiger partial charge in [0.1, 0.15) is 0 Å². The van der Waals surface area contributed by atoms with Crippen molar-refractivity contribution in [2.45, 2.75) is 11.8 Å². The second-order valence-corrected chi connectivity index (χ2v) is 7.74. The van der Waals surface area contributed by atoms with E-state index in [1.807, 2.05) is 43.3 Å². The summed E-state index contributed by atoms with van der Waals surface area (Å²) in [6.07, 6.45) is 1.77. The monoisotopic (exact) mass is 408 g/mol. The number of amides is 1. The second-order valence-electron chi connectivity index (χ2n) is 6.32. The summed E-state index contributed by atoms with van der Waals surface area (Å²) in [7, 11) is -0.374. The van der Waals surface area contributed by atoms with E-state index < -0.39 is 10.1 Å². The molecular formula is C19H19N3NaO4S. The fraction of sp³-hybridized carbons (Fsp3) is 0.158. The number of anilines is 2. The van der Waals surface area contributed by atoms with E-state index in [4.69, 9.17) is 4.55 Å². The number of hydrazone groups is 1. The average molecular weight is 408 g/mol. The van der Waals surface area contributed by atoms with Gasteiger partial charge >= 0.3 is 0 Å². The smallest absolute Gasteiger partial charge is 0.294 e. The summed E-state index contributed by atoms with van der Waals surface area (Å²) in [6.45, 7) is 1.74. The zero-order valence-corrected chi connectivity index (χ0v) is 18.9. The van der Waals surface area contributed by atoms with Gasteiger partial charge in [-0.3, -0.25) is 9.35 Å². The second kappa shape index (κ2) is 8.59. The molecule has 1 N–H and O–H groups in total. The molecule has 7 nitrogen and oxygen atoms in total. The molecule has 141 valence electrons. The average Bonchev–Trinajstić information content (AvgIpc) is 2.90. The van der Waals surface area contributed by atoms with Crippen LogP contribution < -0.4 is 9.91 Å². The molecule has 0 saturated heterocycles. The zero-order valence-electron chi connectivity index (χ0n) is 16.1. The first kappa shape index (κ1) is 22.3. The van der Waals surface area contributed by atoms with Crippen LogP contribution in [0.25, 0.3) is 6.08 Å². The maximum atomic E-state index is 12.7. The number of hydrogen-bond acceptors (Lipinski definition) is 5. The Bertz CT molecular complexity index is 1040. The van der Waals surface area contributed by atoms with E-state index in [0.717, 1.165) is 11.3 Å². The molecule has 1 amide bonds. The molecule has 28 heavy (non-hydrogen) atoms. The van der Waals surface area contributed by atoms with Crippen molar-refractivity contribution < 1.29 is 17.8 Å². The van der Waals surface area contributed by atoms with Crippen LogP contribution in [-0.2, 0) is 14.9 Å².